The van der Waals surface area contributed by atoms with E-state index in [9.17, 15) is 0 Å². The molecule has 2 nitrogen and oxygen atoms in total. The SMILES string of the molecule is CC1(C)c2ccccc2-c2c(C3C=CC=CC3N(c3cccc(-c4ccc5ccccc5c4)c3)c3cccc4c3c3ccccc3n4-c3ccccc3)cccc21. The van der Waals surface area contributed by atoms with Crippen molar-refractivity contribution in [2.75, 3.05) is 4.90 Å². The van der Waals surface area contributed by atoms with Crippen LogP contribution in [0.15, 0.2) is 206 Å². The number of aromatic nitrogens is 1. The van der Waals surface area contributed by atoms with Crippen LogP contribution in [0.4, 0.5) is 11.4 Å². The summed E-state index contributed by atoms with van der Waals surface area (Å²) in [5, 5.41) is 4.99. The lowest BCUT2D eigenvalue weighted by atomic mass is 9.79. The molecule has 8 aromatic carbocycles. The van der Waals surface area contributed by atoms with E-state index in [1.165, 1.54) is 77.2 Å². The Bertz CT molecular complexity index is 3070. The van der Waals surface area contributed by atoms with Crippen LogP contribution in [0.5, 0.6) is 0 Å². The molecule has 0 amide bonds. The van der Waals surface area contributed by atoms with Crippen molar-refractivity contribution in [2.24, 2.45) is 0 Å². The first kappa shape index (κ1) is 33.4. The van der Waals surface area contributed by atoms with Gasteiger partial charge in [-0.05, 0) is 98.2 Å². The van der Waals surface area contributed by atoms with E-state index < -0.39 is 0 Å². The van der Waals surface area contributed by atoms with Gasteiger partial charge in [0.2, 0.25) is 0 Å². The zero-order valence-corrected chi connectivity index (χ0v) is 32.2. The summed E-state index contributed by atoms with van der Waals surface area (Å²) in [5.41, 5.74) is 15.1. The molecule has 0 fully saturated rings. The molecule has 1 heterocycles. The van der Waals surface area contributed by atoms with Crippen LogP contribution < -0.4 is 4.90 Å². The minimum atomic E-state index is -0.0790. The van der Waals surface area contributed by atoms with Gasteiger partial charge in [-0.1, -0.05) is 172 Å². The highest BCUT2D eigenvalue weighted by Gasteiger charge is 2.39. The first-order chi connectivity index (χ1) is 28.1. The van der Waals surface area contributed by atoms with Crippen LogP contribution in [-0.2, 0) is 5.41 Å². The Labute approximate surface area is 334 Å². The summed E-state index contributed by atoms with van der Waals surface area (Å²) in [7, 11) is 0. The van der Waals surface area contributed by atoms with Gasteiger partial charge >= 0.3 is 0 Å². The van der Waals surface area contributed by atoms with Crippen LogP contribution in [0.3, 0.4) is 0 Å². The van der Waals surface area contributed by atoms with Gasteiger partial charge < -0.3 is 9.47 Å². The number of rotatable bonds is 6. The van der Waals surface area contributed by atoms with Crippen molar-refractivity contribution in [1.29, 1.82) is 0 Å². The molecule has 11 rings (SSSR count). The monoisotopic (exact) mass is 730 g/mol. The van der Waals surface area contributed by atoms with E-state index in [-0.39, 0.29) is 17.4 Å². The lowest BCUT2D eigenvalue weighted by Crippen LogP contribution is -2.35. The number of allylic oxidation sites excluding steroid dienone is 2. The molecule has 0 radical (unpaired) electrons. The second kappa shape index (κ2) is 13.1. The minimum Gasteiger partial charge on any atom is -0.333 e. The number of hydrogen-bond donors (Lipinski definition) is 0. The molecule has 2 atom stereocenters. The molecule has 1 aromatic heterocycles. The second-order valence-corrected chi connectivity index (χ2v) is 16.1. The van der Waals surface area contributed by atoms with Crippen LogP contribution in [0.1, 0.15) is 36.5 Å². The Kier molecular flexibility index (Phi) is 7.69. The summed E-state index contributed by atoms with van der Waals surface area (Å²) < 4.78 is 2.43. The van der Waals surface area contributed by atoms with Gasteiger partial charge in [0.05, 0.1) is 22.8 Å². The Hall–Kier alpha value is -6.90. The van der Waals surface area contributed by atoms with E-state index in [0.29, 0.717) is 0 Å². The summed E-state index contributed by atoms with van der Waals surface area (Å²) in [6, 6.07) is 67.2. The molecule has 0 saturated heterocycles. The smallest absolute Gasteiger partial charge is 0.0629 e. The zero-order valence-electron chi connectivity index (χ0n) is 32.2. The van der Waals surface area contributed by atoms with E-state index >= 15 is 0 Å². The molecule has 272 valence electrons. The van der Waals surface area contributed by atoms with Gasteiger partial charge in [0.1, 0.15) is 0 Å². The maximum atomic E-state index is 2.63. The molecule has 2 aliphatic rings. The topological polar surface area (TPSA) is 8.17 Å². The van der Waals surface area contributed by atoms with E-state index in [4.69, 9.17) is 0 Å². The largest absolute Gasteiger partial charge is 0.333 e. The Balaban J connectivity index is 1.17. The molecule has 0 bridgehead atoms. The van der Waals surface area contributed by atoms with E-state index in [2.05, 4.69) is 230 Å². The van der Waals surface area contributed by atoms with E-state index in [1.807, 2.05) is 0 Å². The second-order valence-electron chi connectivity index (χ2n) is 16.1. The molecule has 2 aliphatic carbocycles. The zero-order chi connectivity index (χ0) is 38.1. The predicted octanol–water partition coefficient (Wildman–Crippen LogP) is 14.3. The Morgan fingerprint density at radius 1 is 0.526 bits per heavy atom. The highest BCUT2D eigenvalue weighted by molar-refractivity contribution is 6.16. The number of hydrogen-bond acceptors (Lipinski definition) is 1. The minimum absolute atomic E-state index is 0.0198. The predicted molar refractivity (Wildman–Crippen MR) is 241 cm³/mol. The fourth-order valence-electron chi connectivity index (χ4n) is 9.92. The van der Waals surface area contributed by atoms with Crippen molar-refractivity contribution < 1.29 is 0 Å². The molecule has 0 N–H and O–H groups in total. The number of nitrogens with zero attached hydrogens (tertiary/aromatic N) is 2. The quantitative estimate of drug-likeness (QED) is 0.165. The third-order valence-electron chi connectivity index (χ3n) is 12.6. The molecular formula is C55H42N2. The standard InChI is InChI=1S/C55H42N2/c1-55(2)47-27-11-8-24-45(47)53-44(26-15-28-48(53)55)43-23-9-12-29-49(43)57(42-22-14-19-39(36-42)40-34-33-37-17-6-7-18-38(37)35-40)52-32-16-31-51-54(52)46-25-10-13-30-50(46)56(51)41-20-4-3-5-21-41/h3-36,43,49H,1-2H3. The fraction of sp³-hybridized carbons (Fsp3) is 0.0909. The number of benzene rings is 8. The van der Waals surface area contributed by atoms with Crippen LogP contribution in [0.25, 0.3) is 60.5 Å². The number of para-hydroxylation sites is 2. The summed E-state index contributed by atoms with van der Waals surface area (Å²) in [5.74, 6) is 0.0777. The molecule has 9 aromatic rings. The summed E-state index contributed by atoms with van der Waals surface area (Å²) in [4.78, 5) is 2.63. The van der Waals surface area contributed by atoms with Gasteiger partial charge in [0, 0.05) is 33.5 Å². The Morgan fingerprint density at radius 2 is 1.23 bits per heavy atom. The fourth-order valence-corrected chi connectivity index (χ4v) is 9.92. The third kappa shape index (κ3) is 5.25. The van der Waals surface area contributed by atoms with E-state index in [0.717, 1.165) is 11.4 Å². The van der Waals surface area contributed by atoms with Crippen molar-refractivity contribution in [3.05, 3.63) is 223 Å². The van der Waals surface area contributed by atoms with Crippen molar-refractivity contribution in [3.8, 4) is 27.9 Å². The van der Waals surface area contributed by atoms with Gasteiger partial charge in [0.15, 0.2) is 0 Å². The van der Waals surface area contributed by atoms with Gasteiger partial charge in [-0.3, -0.25) is 0 Å². The number of fused-ring (bicyclic) bond motifs is 7. The highest BCUT2D eigenvalue weighted by atomic mass is 15.2. The average Bonchev–Trinajstić information content (AvgIpc) is 3.73. The first-order valence-corrected chi connectivity index (χ1v) is 20.1. The summed E-state index contributed by atoms with van der Waals surface area (Å²) in [6.45, 7) is 4.76. The van der Waals surface area contributed by atoms with Gasteiger partial charge in [-0.15, -0.1) is 0 Å². The van der Waals surface area contributed by atoms with Crippen molar-refractivity contribution in [2.45, 2.75) is 31.2 Å². The maximum Gasteiger partial charge on any atom is 0.0629 e. The molecule has 2 heteroatoms. The van der Waals surface area contributed by atoms with Crippen molar-refractivity contribution in [3.63, 3.8) is 0 Å². The van der Waals surface area contributed by atoms with E-state index in [1.54, 1.807) is 0 Å². The summed E-state index contributed by atoms with van der Waals surface area (Å²) >= 11 is 0. The lowest BCUT2D eigenvalue weighted by molar-refractivity contribution is 0.656. The third-order valence-corrected chi connectivity index (χ3v) is 12.6. The molecule has 57 heavy (non-hydrogen) atoms. The lowest BCUT2D eigenvalue weighted by Gasteiger charge is -2.39. The Morgan fingerprint density at radius 3 is 2.14 bits per heavy atom. The molecule has 0 aliphatic heterocycles. The van der Waals surface area contributed by atoms with Gasteiger partial charge in [-0.2, -0.15) is 0 Å². The summed E-state index contributed by atoms with van der Waals surface area (Å²) in [6.07, 6.45) is 9.35. The van der Waals surface area contributed by atoms with Crippen LogP contribution in [0, 0.1) is 0 Å². The average molecular weight is 731 g/mol. The maximum absolute atomic E-state index is 2.63. The van der Waals surface area contributed by atoms with Crippen LogP contribution in [-0.4, -0.2) is 10.6 Å². The van der Waals surface area contributed by atoms with Gasteiger partial charge in [0.25, 0.3) is 0 Å². The highest BCUT2D eigenvalue weighted by Crippen LogP contribution is 2.53. The van der Waals surface area contributed by atoms with Crippen molar-refractivity contribution >= 4 is 44.0 Å². The number of anilines is 2. The van der Waals surface area contributed by atoms with Gasteiger partial charge in [-0.25, -0.2) is 0 Å². The van der Waals surface area contributed by atoms with Crippen LogP contribution >= 0.6 is 0 Å². The molecule has 0 saturated carbocycles. The first-order valence-electron chi connectivity index (χ1n) is 20.1. The molecular weight excluding hydrogens is 689 g/mol. The molecule has 2 unspecified atom stereocenters. The normalized spacial score (nSPS) is 16.6. The van der Waals surface area contributed by atoms with Crippen molar-refractivity contribution in [1.82, 2.24) is 4.57 Å². The molecule has 0 spiro atoms. The van der Waals surface area contributed by atoms with Crippen LogP contribution in [0.2, 0.25) is 0 Å².